The van der Waals surface area contributed by atoms with Crippen molar-refractivity contribution < 1.29 is 10.0 Å². The molecule has 1 heterocycles. The third-order valence-electron chi connectivity index (χ3n) is 3.00. The van der Waals surface area contributed by atoms with Gasteiger partial charge in [0.05, 0.1) is 4.92 Å². The van der Waals surface area contributed by atoms with Gasteiger partial charge in [-0.25, -0.2) is 4.68 Å². The quantitative estimate of drug-likeness (QED) is 0.571. The molecule has 0 aliphatic rings. The van der Waals surface area contributed by atoms with Gasteiger partial charge in [0.1, 0.15) is 5.69 Å². The lowest BCUT2D eigenvalue weighted by atomic mass is 10.2. The minimum Gasteiger partial charge on any atom is -0.396 e. The fourth-order valence-corrected chi connectivity index (χ4v) is 2.18. The van der Waals surface area contributed by atoms with Crippen molar-refractivity contribution in [3.05, 3.63) is 15.8 Å². The van der Waals surface area contributed by atoms with Crippen molar-refractivity contribution >= 4 is 11.5 Å². The van der Waals surface area contributed by atoms with Gasteiger partial charge in [0.15, 0.2) is 0 Å². The van der Waals surface area contributed by atoms with Crippen LogP contribution >= 0.6 is 0 Å². The predicted molar refractivity (Wildman–Crippen MR) is 73.4 cm³/mol. The van der Waals surface area contributed by atoms with Crippen molar-refractivity contribution in [2.24, 2.45) is 7.05 Å². The van der Waals surface area contributed by atoms with Crippen molar-refractivity contribution in [1.29, 1.82) is 0 Å². The summed E-state index contributed by atoms with van der Waals surface area (Å²) in [6, 6.07) is 0. The Kier molecular flexibility index (Phi) is 5.75. The van der Waals surface area contributed by atoms with Gasteiger partial charge < -0.3 is 10.0 Å². The Bertz CT molecular complexity index is 431. The van der Waals surface area contributed by atoms with Gasteiger partial charge in [-0.1, -0.05) is 13.3 Å². The second kappa shape index (κ2) is 7.08. The number of anilines is 1. The average Bonchev–Trinajstić information content (AvgIpc) is 2.68. The molecule has 0 spiro atoms. The zero-order valence-electron chi connectivity index (χ0n) is 11.8. The Hall–Kier alpha value is -1.63. The number of nitrogens with zero attached hydrogens (tertiary/aromatic N) is 4. The first-order valence-electron chi connectivity index (χ1n) is 6.62. The molecule has 0 aliphatic carbocycles. The van der Waals surface area contributed by atoms with Crippen LogP contribution in [-0.4, -0.2) is 39.5 Å². The maximum absolute atomic E-state index is 11.3. The summed E-state index contributed by atoms with van der Waals surface area (Å²) < 4.78 is 1.57. The molecule has 1 aromatic heterocycles. The first kappa shape index (κ1) is 15.4. The van der Waals surface area contributed by atoms with Gasteiger partial charge in [-0.3, -0.25) is 10.1 Å². The van der Waals surface area contributed by atoms with Gasteiger partial charge in [0.25, 0.3) is 0 Å². The molecule has 0 fully saturated rings. The van der Waals surface area contributed by atoms with E-state index in [1.165, 1.54) is 0 Å². The molecule has 7 heteroatoms. The van der Waals surface area contributed by atoms with Gasteiger partial charge in [-0.15, -0.1) is 0 Å². The van der Waals surface area contributed by atoms with E-state index >= 15 is 0 Å². The minimum atomic E-state index is -0.352. The number of nitro groups is 1. The third kappa shape index (κ3) is 3.44. The molecule has 1 rings (SSSR count). The monoisotopic (exact) mass is 270 g/mol. The smallest absolute Gasteiger partial charge is 0.334 e. The van der Waals surface area contributed by atoms with Crippen LogP contribution in [0.1, 0.15) is 32.4 Å². The van der Waals surface area contributed by atoms with E-state index in [1.54, 1.807) is 11.7 Å². The highest BCUT2D eigenvalue weighted by molar-refractivity contribution is 5.61. The summed E-state index contributed by atoms with van der Waals surface area (Å²) in [5.41, 5.74) is 0.636. The maximum atomic E-state index is 11.3. The van der Waals surface area contributed by atoms with Crippen molar-refractivity contribution in [3.63, 3.8) is 0 Å². The van der Waals surface area contributed by atoms with E-state index in [0.29, 0.717) is 37.4 Å². The van der Waals surface area contributed by atoms with Crippen molar-refractivity contribution in [1.82, 2.24) is 9.78 Å². The van der Waals surface area contributed by atoms with Crippen LogP contribution in [0.25, 0.3) is 0 Å². The Morgan fingerprint density at radius 3 is 2.63 bits per heavy atom. The summed E-state index contributed by atoms with van der Waals surface area (Å²) >= 11 is 0. The van der Waals surface area contributed by atoms with E-state index in [1.807, 2.05) is 18.7 Å². The van der Waals surface area contributed by atoms with Crippen molar-refractivity contribution in [2.75, 3.05) is 24.6 Å². The molecular formula is C12H22N4O3. The largest absolute Gasteiger partial charge is 0.396 e. The summed E-state index contributed by atoms with van der Waals surface area (Å²) in [6.45, 7) is 5.21. The Morgan fingerprint density at radius 2 is 2.16 bits per heavy atom. The predicted octanol–water partition coefficient (Wildman–Crippen LogP) is 1.49. The van der Waals surface area contributed by atoms with E-state index in [-0.39, 0.29) is 17.2 Å². The van der Waals surface area contributed by atoms with Gasteiger partial charge in [-0.2, -0.15) is 5.10 Å². The molecule has 0 bridgehead atoms. The number of hydrogen-bond donors (Lipinski definition) is 1. The molecule has 0 saturated carbocycles. The topological polar surface area (TPSA) is 84.4 Å². The number of aryl methyl sites for hydroxylation is 2. The summed E-state index contributed by atoms with van der Waals surface area (Å²) in [6.07, 6.45) is 2.00. The van der Waals surface area contributed by atoms with Crippen LogP contribution in [-0.2, 0) is 13.5 Å². The highest BCUT2D eigenvalue weighted by atomic mass is 16.6. The minimum absolute atomic E-state index is 0.0734. The molecule has 1 aromatic rings. The summed E-state index contributed by atoms with van der Waals surface area (Å²) in [4.78, 5) is 12.8. The van der Waals surface area contributed by atoms with E-state index < -0.39 is 0 Å². The normalized spacial score (nSPS) is 10.7. The van der Waals surface area contributed by atoms with Gasteiger partial charge in [0, 0.05) is 26.7 Å². The van der Waals surface area contributed by atoms with E-state index in [9.17, 15) is 10.1 Å². The van der Waals surface area contributed by atoms with E-state index in [4.69, 9.17) is 5.11 Å². The zero-order valence-corrected chi connectivity index (χ0v) is 11.8. The SMILES string of the molecule is CCCc1nn(C)c(N(CC)CCCO)c1[N+](=O)[O-]. The van der Waals surface area contributed by atoms with Crippen LogP contribution in [0.5, 0.6) is 0 Å². The van der Waals surface area contributed by atoms with Gasteiger partial charge in [-0.05, 0) is 19.8 Å². The summed E-state index contributed by atoms with van der Waals surface area (Å²) in [5, 5.41) is 24.5. The van der Waals surface area contributed by atoms with Crippen molar-refractivity contribution in [2.45, 2.75) is 33.1 Å². The molecule has 0 radical (unpaired) electrons. The van der Waals surface area contributed by atoms with Crippen LogP contribution in [0.15, 0.2) is 0 Å². The molecule has 0 aromatic carbocycles. The summed E-state index contributed by atoms with van der Waals surface area (Å²) in [5.74, 6) is 0.532. The van der Waals surface area contributed by atoms with Crippen LogP contribution < -0.4 is 4.90 Å². The van der Waals surface area contributed by atoms with Crippen LogP contribution in [0.4, 0.5) is 11.5 Å². The molecule has 1 N–H and O–H groups in total. The van der Waals surface area contributed by atoms with Crippen LogP contribution in [0.2, 0.25) is 0 Å². The molecule has 108 valence electrons. The molecule has 0 aliphatic heterocycles. The first-order valence-corrected chi connectivity index (χ1v) is 6.62. The second-order valence-electron chi connectivity index (χ2n) is 4.41. The Balaban J connectivity index is 3.19. The lowest BCUT2D eigenvalue weighted by molar-refractivity contribution is -0.384. The molecule has 19 heavy (non-hydrogen) atoms. The number of aliphatic hydroxyl groups excluding tert-OH is 1. The third-order valence-corrected chi connectivity index (χ3v) is 3.00. The molecule has 0 unspecified atom stereocenters. The Morgan fingerprint density at radius 1 is 1.47 bits per heavy atom. The highest BCUT2D eigenvalue weighted by Gasteiger charge is 2.29. The molecule has 0 saturated heterocycles. The average molecular weight is 270 g/mol. The number of rotatable bonds is 8. The van der Waals surface area contributed by atoms with E-state index in [0.717, 1.165) is 6.42 Å². The number of aliphatic hydroxyl groups is 1. The number of hydrogen-bond acceptors (Lipinski definition) is 5. The van der Waals surface area contributed by atoms with Crippen LogP contribution in [0, 0.1) is 10.1 Å². The van der Waals surface area contributed by atoms with Gasteiger partial charge >= 0.3 is 5.69 Å². The standard InChI is InChI=1S/C12H22N4O3/c1-4-7-10-11(16(18)19)12(14(3)13-10)15(5-2)8-6-9-17/h17H,4-9H2,1-3H3. The number of aromatic nitrogens is 2. The molecule has 7 nitrogen and oxygen atoms in total. The van der Waals surface area contributed by atoms with Crippen molar-refractivity contribution in [3.8, 4) is 0 Å². The maximum Gasteiger partial charge on any atom is 0.334 e. The fourth-order valence-electron chi connectivity index (χ4n) is 2.18. The van der Waals surface area contributed by atoms with Gasteiger partial charge in [0.2, 0.25) is 5.82 Å². The molecular weight excluding hydrogens is 248 g/mol. The lowest BCUT2D eigenvalue weighted by Crippen LogP contribution is -2.27. The summed E-state index contributed by atoms with van der Waals surface area (Å²) in [7, 11) is 1.73. The fraction of sp³-hybridized carbons (Fsp3) is 0.750. The molecule has 0 atom stereocenters. The first-order chi connectivity index (χ1) is 9.06. The van der Waals surface area contributed by atoms with E-state index in [2.05, 4.69) is 5.10 Å². The highest BCUT2D eigenvalue weighted by Crippen LogP contribution is 2.32. The Labute approximate surface area is 113 Å². The second-order valence-corrected chi connectivity index (χ2v) is 4.41. The molecule has 0 amide bonds. The zero-order chi connectivity index (χ0) is 14.4. The van der Waals surface area contributed by atoms with Crippen LogP contribution in [0.3, 0.4) is 0 Å². The lowest BCUT2D eigenvalue weighted by Gasteiger charge is -2.21.